The molecule has 20 heavy (non-hydrogen) atoms. The van der Waals surface area contributed by atoms with E-state index in [-0.39, 0.29) is 5.56 Å². The van der Waals surface area contributed by atoms with E-state index in [4.69, 9.17) is 5.11 Å². The number of carbonyl (C=O) groups is 1. The van der Waals surface area contributed by atoms with Crippen molar-refractivity contribution in [3.05, 3.63) is 29.8 Å². The number of carboxylic acid groups (broad SMARTS) is 1. The first kappa shape index (κ1) is 14.5. The standard InChI is InChI=1S/C15H21N3O2/c1-18(2)12-9-7-11(8-10-12)16-17-14-6-4-3-5-13(14)15(19)20/h3-6,12,17H,7-10H2,1-2H3,(H,19,20). The molecular weight excluding hydrogens is 254 g/mol. The van der Waals surface area contributed by atoms with Gasteiger partial charge in [-0.3, -0.25) is 5.43 Å². The van der Waals surface area contributed by atoms with Gasteiger partial charge in [0.15, 0.2) is 0 Å². The van der Waals surface area contributed by atoms with Gasteiger partial charge in [-0.15, -0.1) is 0 Å². The summed E-state index contributed by atoms with van der Waals surface area (Å²) in [6.07, 6.45) is 4.14. The third-order valence-electron chi connectivity index (χ3n) is 3.75. The molecule has 5 heteroatoms. The summed E-state index contributed by atoms with van der Waals surface area (Å²) in [5.74, 6) is -0.940. The van der Waals surface area contributed by atoms with E-state index in [9.17, 15) is 4.79 Å². The lowest BCUT2D eigenvalue weighted by Gasteiger charge is -2.28. The van der Waals surface area contributed by atoms with Crippen LogP contribution >= 0.6 is 0 Å². The molecule has 1 aliphatic rings. The summed E-state index contributed by atoms with van der Waals surface area (Å²) in [5, 5.41) is 13.5. The molecule has 0 atom stereocenters. The van der Waals surface area contributed by atoms with Crippen LogP contribution in [0, 0.1) is 0 Å². The number of para-hydroxylation sites is 1. The molecular formula is C15H21N3O2. The second kappa shape index (κ2) is 6.52. The van der Waals surface area contributed by atoms with Crippen molar-refractivity contribution < 1.29 is 9.90 Å². The Kier molecular flexibility index (Phi) is 4.74. The van der Waals surface area contributed by atoms with Crippen molar-refractivity contribution >= 4 is 17.4 Å². The molecule has 0 bridgehead atoms. The van der Waals surface area contributed by atoms with E-state index in [0.717, 1.165) is 31.4 Å². The highest BCUT2D eigenvalue weighted by atomic mass is 16.4. The van der Waals surface area contributed by atoms with Gasteiger partial charge in [-0.1, -0.05) is 12.1 Å². The minimum absolute atomic E-state index is 0.249. The average Bonchev–Trinajstić information content (AvgIpc) is 2.45. The molecule has 1 saturated carbocycles. The Hall–Kier alpha value is -1.88. The summed E-state index contributed by atoms with van der Waals surface area (Å²) in [6.45, 7) is 0. The number of benzene rings is 1. The van der Waals surface area contributed by atoms with Crippen LogP contribution in [0.15, 0.2) is 29.4 Å². The quantitative estimate of drug-likeness (QED) is 0.829. The van der Waals surface area contributed by atoms with E-state index in [2.05, 4.69) is 29.5 Å². The van der Waals surface area contributed by atoms with Crippen molar-refractivity contribution in [3.63, 3.8) is 0 Å². The Morgan fingerprint density at radius 3 is 2.55 bits per heavy atom. The highest BCUT2D eigenvalue weighted by Crippen LogP contribution is 2.20. The topological polar surface area (TPSA) is 64.9 Å². The van der Waals surface area contributed by atoms with Gasteiger partial charge >= 0.3 is 5.97 Å². The van der Waals surface area contributed by atoms with Crippen molar-refractivity contribution in [2.45, 2.75) is 31.7 Å². The second-order valence-electron chi connectivity index (χ2n) is 5.34. The average molecular weight is 275 g/mol. The molecule has 1 aliphatic carbocycles. The Morgan fingerprint density at radius 2 is 1.95 bits per heavy atom. The predicted octanol–water partition coefficient (Wildman–Crippen LogP) is 2.66. The van der Waals surface area contributed by atoms with Crippen molar-refractivity contribution in [2.24, 2.45) is 5.10 Å². The maximum absolute atomic E-state index is 11.1. The molecule has 1 aromatic carbocycles. The first-order chi connectivity index (χ1) is 9.58. The molecule has 1 fully saturated rings. The van der Waals surface area contributed by atoms with Gasteiger partial charge < -0.3 is 10.0 Å². The van der Waals surface area contributed by atoms with Crippen LogP contribution in [-0.4, -0.2) is 41.8 Å². The van der Waals surface area contributed by atoms with Crippen LogP contribution in [0.5, 0.6) is 0 Å². The van der Waals surface area contributed by atoms with Gasteiger partial charge in [-0.2, -0.15) is 5.10 Å². The summed E-state index contributed by atoms with van der Waals surface area (Å²) >= 11 is 0. The molecule has 2 rings (SSSR count). The van der Waals surface area contributed by atoms with Crippen LogP contribution in [0.4, 0.5) is 5.69 Å². The number of hydrogen-bond acceptors (Lipinski definition) is 4. The van der Waals surface area contributed by atoms with Crippen LogP contribution in [-0.2, 0) is 0 Å². The van der Waals surface area contributed by atoms with E-state index in [1.807, 2.05) is 0 Å². The van der Waals surface area contributed by atoms with E-state index < -0.39 is 5.97 Å². The smallest absolute Gasteiger partial charge is 0.337 e. The van der Waals surface area contributed by atoms with E-state index >= 15 is 0 Å². The molecule has 0 saturated heterocycles. The lowest BCUT2D eigenvalue weighted by atomic mass is 9.93. The van der Waals surface area contributed by atoms with Gasteiger partial charge in [0.05, 0.1) is 11.3 Å². The number of aromatic carboxylic acids is 1. The number of nitrogens with one attached hydrogen (secondary N) is 1. The summed E-state index contributed by atoms with van der Waals surface area (Å²) in [5.41, 5.74) is 4.81. The number of hydrogen-bond donors (Lipinski definition) is 2. The Balaban J connectivity index is 1.99. The Morgan fingerprint density at radius 1 is 1.30 bits per heavy atom. The number of anilines is 1. The molecule has 0 heterocycles. The van der Waals surface area contributed by atoms with Crippen LogP contribution in [0.2, 0.25) is 0 Å². The lowest BCUT2D eigenvalue weighted by Crippen LogP contribution is -2.32. The van der Waals surface area contributed by atoms with E-state index in [1.165, 1.54) is 0 Å². The highest BCUT2D eigenvalue weighted by molar-refractivity contribution is 5.94. The van der Waals surface area contributed by atoms with Crippen molar-refractivity contribution in [1.29, 1.82) is 0 Å². The van der Waals surface area contributed by atoms with Gasteiger partial charge in [0.2, 0.25) is 0 Å². The summed E-state index contributed by atoms with van der Waals surface area (Å²) in [6, 6.07) is 7.45. The summed E-state index contributed by atoms with van der Waals surface area (Å²) in [7, 11) is 4.21. The fourth-order valence-electron chi connectivity index (χ4n) is 2.47. The van der Waals surface area contributed by atoms with Gasteiger partial charge in [0.1, 0.15) is 0 Å². The minimum atomic E-state index is -0.940. The first-order valence-corrected chi connectivity index (χ1v) is 6.88. The zero-order valence-corrected chi connectivity index (χ0v) is 12.0. The SMILES string of the molecule is CN(C)C1CCC(=NNc2ccccc2C(=O)O)CC1. The molecule has 0 spiro atoms. The Bertz CT molecular complexity index is 502. The highest BCUT2D eigenvalue weighted by Gasteiger charge is 2.19. The normalized spacial score (nSPS) is 18.9. The third-order valence-corrected chi connectivity index (χ3v) is 3.75. The molecule has 1 aromatic rings. The first-order valence-electron chi connectivity index (χ1n) is 6.88. The minimum Gasteiger partial charge on any atom is -0.478 e. The molecule has 108 valence electrons. The maximum atomic E-state index is 11.1. The van der Waals surface area contributed by atoms with Crippen LogP contribution < -0.4 is 5.43 Å². The second-order valence-corrected chi connectivity index (χ2v) is 5.34. The summed E-state index contributed by atoms with van der Waals surface area (Å²) < 4.78 is 0. The fourth-order valence-corrected chi connectivity index (χ4v) is 2.47. The molecule has 0 amide bonds. The van der Waals surface area contributed by atoms with Crippen LogP contribution in [0.25, 0.3) is 0 Å². The van der Waals surface area contributed by atoms with Crippen molar-refractivity contribution in [3.8, 4) is 0 Å². The molecule has 0 aromatic heterocycles. The molecule has 2 N–H and O–H groups in total. The van der Waals surface area contributed by atoms with Crippen molar-refractivity contribution in [1.82, 2.24) is 4.90 Å². The lowest BCUT2D eigenvalue weighted by molar-refractivity contribution is 0.0698. The van der Waals surface area contributed by atoms with Gasteiger partial charge in [-0.05, 0) is 51.9 Å². The molecule has 0 radical (unpaired) electrons. The number of nitrogens with zero attached hydrogens (tertiary/aromatic N) is 2. The van der Waals surface area contributed by atoms with Crippen molar-refractivity contribution in [2.75, 3.05) is 19.5 Å². The largest absolute Gasteiger partial charge is 0.478 e. The van der Waals surface area contributed by atoms with Gasteiger partial charge in [-0.25, -0.2) is 4.79 Å². The number of rotatable bonds is 4. The number of hydrazone groups is 1. The monoisotopic (exact) mass is 275 g/mol. The van der Waals surface area contributed by atoms with Gasteiger partial charge in [0.25, 0.3) is 0 Å². The molecule has 0 aliphatic heterocycles. The van der Waals surface area contributed by atoms with E-state index in [1.54, 1.807) is 24.3 Å². The van der Waals surface area contributed by atoms with Crippen LogP contribution in [0.1, 0.15) is 36.0 Å². The third kappa shape index (κ3) is 3.57. The molecule has 0 unspecified atom stereocenters. The zero-order chi connectivity index (χ0) is 14.5. The van der Waals surface area contributed by atoms with E-state index in [0.29, 0.717) is 11.7 Å². The predicted molar refractivity (Wildman–Crippen MR) is 80.4 cm³/mol. The summed E-state index contributed by atoms with van der Waals surface area (Å²) in [4.78, 5) is 13.4. The zero-order valence-electron chi connectivity index (χ0n) is 12.0. The fraction of sp³-hybridized carbons (Fsp3) is 0.467. The van der Waals surface area contributed by atoms with Gasteiger partial charge in [0, 0.05) is 11.8 Å². The number of carboxylic acids is 1. The van der Waals surface area contributed by atoms with Crippen LogP contribution in [0.3, 0.4) is 0 Å². The Labute approximate surface area is 119 Å². The molecule has 5 nitrogen and oxygen atoms in total. The maximum Gasteiger partial charge on any atom is 0.337 e.